The molecule has 1 aromatic heterocycles. The predicted molar refractivity (Wildman–Crippen MR) is 73.4 cm³/mol. The average molecular weight is 261 g/mol. The van der Waals surface area contributed by atoms with Gasteiger partial charge < -0.3 is 14.8 Å². The maximum absolute atomic E-state index is 5.64. The second kappa shape index (κ2) is 6.80. The van der Waals surface area contributed by atoms with Gasteiger partial charge in [0.1, 0.15) is 19.0 Å². The molecule has 0 bridgehead atoms. The van der Waals surface area contributed by atoms with Crippen LogP contribution in [0, 0.1) is 0 Å². The Bertz CT molecular complexity index is 511. The standard InChI is InChI=1S/C14H19N3O2/c1-15-9-12-4-3-5-13(8-12)18-6-7-19-14-10-16-17(2)11-14/h3-5,8,10-11,15H,6-7,9H2,1-2H3. The van der Waals surface area contributed by atoms with Crippen molar-refractivity contribution in [1.82, 2.24) is 15.1 Å². The van der Waals surface area contributed by atoms with E-state index >= 15 is 0 Å². The fourth-order valence-electron chi connectivity index (χ4n) is 1.74. The molecule has 0 radical (unpaired) electrons. The average Bonchev–Trinajstić information content (AvgIpc) is 2.82. The molecule has 0 aliphatic rings. The van der Waals surface area contributed by atoms with Crippen LogP contribution in [0.4, 0.5) is 0 Å². The van der Waals surface area contributed by atoms with Gasteiger partial charge in [-0.25, -0.2) is 0 Å². The molecule has 0 aliphatic heterocycles. The summed E-state index contributed by atoms with van der Waals surface area (Å²) in [4.78, 5) is 0. The van der Waals surface area contributed by atoms with Crippen LogP contribution in [0.15, 0.2) is 36.7 Å². The van der Waals surface area contributed by atoms with Crippen molar-refractivity contribution in [2.45, 2.75) is 6.54 Å². The number of aromatic nitrogens is 2. The summed E-state index contributed by atoms with van der Waals surface area (Å²) in [7, 11) is 3.78. The van der Waals surface area contributed by atoms with E-state index in [1.807, 2.05) is 38.5 Å². The molecule has 1 aromatic carbocycles. The zero-order valence-corrected chi connectivity index (χ0v) is 11.3. The van der Waals surface area contributed by atoms with Gasteiger partial charge in [-0.2, -0.15) is 5.10 Å². The molecule has 5 nitrogen and oxygen atoms in total. The maximum atomic E-state index is 5.64. The summed E-state index contributed by atoms with van der Waals surface area (Å²) in [6.07, 6.45) is 3.51. The number of hydrogen-bond donors (Lipinski definition) is 1. The van der Waals surface area contributed by atoms with Crippen molar-refractivity contribution in [1.29, 1.82) is 0 Å². The Kier molecular flexibility index (Phi) is 4.80. The van der Waals surface area contributed by atoms with E-state index in [-0.39, 0.29) is 0 Å². The largest absolute Gasteiger partial charge is 0.490 e. The topological polar surface area (TPSA) is 48.3 Å². The van der Waals surface area contributed by atoms with Gasteiger partial charge in [0.15, 0.2) is 5.75 Å². The minimum Gasteiger partial charge on any atom is -0.490 e. The first-order valence-electron chi connectivity index (χ1n) is 6.26. The summed E-state index contributed by atoms with van der Waals surface area (Å²) in [5, 5.41) is 7.14. The molecule has 2 rings (SSSR count). The van der Waals surface area contributed by atoms with Crippen LogP contribution >= 0.6 is 0 Å². The van der Waals surface area contributed by atoms with Crippen LogP contribution in [0.1, 0.15) is 5.56 Å². The van der Waals surface area contributed by atoms with Crippen LogP contribution in [0.5, 0.6) is 11.5 Å². The molecule has 0 amide bonds. The Morgan fingerprint density at radius 3 is 2.68 bits per heavy atom. The highest BCUT2D eigenvalue weighted by Crippen LogP contribution is 2.13. The van der Waals surface area contributed by atoms with Gasteiger partial charge in [0.05, 0.1) is 12.4 Å². The second-order valence-corrected chi connectivity index (χ2v) is 4.22. The predicted octanol–water partition coefficient (Wildman–Crippen LogP) is 1.60. The highest BCUT2D eigenvalue weighted by Gasteiger charge is 1.98. The number of ether oxygens (including phenoxy) is 2. The Balaban J connectivity index is 1.74. The van der Waals surface area contributed by atoms with Crippen LogP contribution in [0.25, 0.3) is 0 Å². The number of nitrogens with one attached hydrogen (secondary N) is 1. The van der Waals surface area contributed by atoms with E-state index in [0.29, 0.717) is 13.2 Å². The molecule has 5 heteroatoms. The molecule has 0 unspecified atom stereocenters. The Hall–Kier alpha value is -2.01. The fraction of sp³-hybridized carbons (Fsp3) is 0.357. The van der Waals surface area contributed by atoms with Gasteiger partial charge in [0.25, 0.3) is 0 Å². The normalized spacial score (nSPS) is 10.4. The number of aryl methyl sites for hydroxylation is 1. The van der Waals surface area contributed by atoms with Crippen molar-refractivity contribution >= 4 is 0 Å². The van der Waals surface area contributed by atoms with Gasteiger partial charge >= 0.3 is 0 Å². The molecule has 0 saturated heterocycles. The van der Waals surface area contributed by atoms with E-state index in [1.54, 1.807) is 10.9 Å². The van der Waals surface area contributed by atoms with E-state index in [2.05, 4.69) is 16.5 Å². The number of rotatable bonds is 7. The first-order chi connectivity index (χ1) is 9.28. The highest BCUT2D eigenvalue weighted by molar-refractivity contribution is 5.28. The van der Waals surface area contributed by atoms with Crippen molar-refractivity contribution in [3.8, 4) is 11.5 Å². The van der Waals surface area contributed by atoms with Crippen molar-refractivity contribution in [3.05, 3.63) is 42.2 Å². The number of hydrogen-bond acceptors (Lipinski definition) is 4. The van der Waals surface area contributed by atoms with Gasteiger partial charge in [-0.3, -0.25) is 4.68 Å². The highest BCUT2D eigenvalue weighted by atomic mass is 16.5. The van der Waals surface area contributed by atoms with Crippen molar-refractivity contribution in [3.63, 3.8) is 0 Å². The molecule has 19 heavy (non-hydrogen) atoms. The summed E-state index contributed by atoms with van der Waals surface area (Å²) >= 11 is 0. The minimum absolute atomic E-state index is 0.502. The zero-order valence-electron chi connectivity index (χ0n) is 11.3. The molecule has 0 fully saturated rings. The van der Waals surface area contributed by atoms with Crippen LogP contribution in [0.2, 0.25) is 0 Å². The van der Waals surface area contributed by atoms with Crippen LogP contribution in [0.3, 0.4) is 0 Å². The molecular formula is C14H19N3O2. The van der Waals surface area contributed by atoms with E-state index in [0.717, 1.165) is 18.0 Å². The summed E-state index contributed by atoms with van der Waals surface area (Å²) in [6.45, 7) is 1.85. The molecule has 0 saturated carbocycles. The van der Waals surface area contributed by atoms with Crippen LogP contribution < -0.4 is 14.8 Å². The van der Waals surface area contributed by atoms with Gasteiger partial charge in [-0.15, -0.1) is 0 Å². The van der Waals surface area contributed by atoms with Gasteiger partial charge in [-0.1, -0.05) is 12.1 Å². The smallest absolute Gasteiger partial charge is 0.157 e. The molecule has 2 aromatic rings. The fourth-order valence-corrected chi connectivity index (χ4v) is 1.74. The SMILES string of the molecule is CNCc1cccc(OCCOc2cnn(C)c2)c1. The van der Waals surface area contributed by atoms with Crippen molar-refractivity contribution in [2.75, 3.05) is 20.3 Å². The summed E-state index contributed by atoms with van der Waals surface area (Å²) < 4.78 is 12.9. The molecule has 0 atom stereocenters. The Morgan fingerprint density at radius 2 is 2.00 bits per heavy atom. The quantitative estimate of drug-likeness (QED) is 0.769. The maximum Gasteiger partial charge on any atom is 0.157 e. The lowest BCUT2D eigenvalue weighted by Gasteiger charge is -2.08. The monoisotopic (exact) mass is 261 g/mol. The zero-order chi connectivity index (χ0) is 13.5. The van der Waals surface area contributed by atoms with Gasteiger partial charge in [-0.05, 0) is 24.7 Å². The third-order valence-corrected chi connectivity index (χ3v) is 2.58. The molecule has 0 spiro atoms. The summed E-state index contributed by atoms with van der Waals surface area (Å²) in [6, 6.07) is 8.03. The van der Waals surface area contributed by atoms with Gasteiger partial charge in [0, 0.05) is 13.6 Å². The van der Waals surface area contributed by atoms with Crippen molar-refractivity contribution < 1.29 is 9.47 Å². The third-order valence-electron chi connectivity index (χ3n) is 2.58. The second-order valence-electron chi connectivity index (χ2n) is 4.22. The third kappa shape index (κ3) is 4.30. The Morgan fingerprint density at radius 1 is 1.21 bits per heavy atom. The van der Waals surface area contributed by atoms with E-state index < -0.39 is 0 Å². The summed E-state index contributed by atoms with van der Waals surface area (Å²) in [5.41, 5.74) is 1.20. The lowest BCUT2D eigenvalue weighted by atomic mass is 10.2. The van der Waals surface area contributed by atoms with E-state index in [1.165, 1.54) is 5.56 Å². The first kappa shape index (κ1) is 13.4. The molecule has 102 valence electrons. The summed E-state index contributed by atoms with van der Waals surface area (Å²) in [5.74, 6) is 1.62. The molecule has 0 aliphatic carbocycles. The van der Waals surface area contributed by atoms with E-state index in [4.69, 9.17) is 9.47 Å². The van der Waals surface area contributed by atoms with Crippen LogP contribution in [-0.4, -0.2) is 30.0 Å². The van der Waals surface area contributed by atoms with Crippen LogP contribution in [-0.2, 0) is 13.6 Å². The number of nitrogens with zero attached hydrogens (tertiary/aromatic N) is 2. The Labute approximate surface area is 113 Å². The van der Waals surface area contributed by atoms with E-state index in [9.17, 15) is 0 Å². The van der Waals surface area contributed by atoms with Gasteiger partial charge in [0.2, 0.25) is 0 Å². The van der Waals surface area contributed by atoms with Crippen molar-refractivity contribution in [2.24, 2.45) is 7.05 Å². The lowest BCUT2D eigenvalue weighted by molar-refractivity contribution is 0.217. The lowest BCUT2D eigenvalue weighted by Crippen LogP contribution is -2.09. The first-order valence-corrected chi connectivity index (χ1v) is 6.26. The molecule has 1 heterocycles. The molecule has 1 N–H and O–H groups in total. The molecular weight excluding hydrogens is 242 g/mol. The minimum atomic E-state index is 0.502. The number of benzene rings is 1.